The molecule has 0 unspecified atom stereocenters. The molecule has 0 aliphatic carbocycles. The van der Waals surface area contributed by atoms with E-state index in [9.17, 15) is 8.78 Å². The van der Waals surface area contributed by atoms with Gasteiger partial charge in [0.1, 0.15) is 11.6 Å². The summed E-state index contributed by atoms with van der Waals surface area (Å²) in [4.78, 5) is 4.67. The molecule has 1 saturated heterocycles. The molecule has 0 spiro atoms. The number of likely N-dealkylation sites (N-methyl/N-ethyl adjacent to an activating group) is 1. The summed E-state index contributed by atoms with van der Waals surface area (Å²) in [5.74, 6) is -0.455. The highest BCUT2D eigenvalue weighted by atomic mass is 32.2. The van der Waals surface area contributed by atoms with Gasteiger partial charge in [0, 0.05) is 44.2 Å². The quantitative estimate of drug-likeness (QED) is 0.677. The Bertz CT molecular complexity index is 411. The van der Waals surface area contributed by atoms with Gasteiger partial charge in [0.25, 0.3) is 0 Å². The fourth-order valence-electron chi connectivity index (χ4n) is 2.07. The number of piperazine rings is 1. The van der Waals surface area contributed by atoms with E-state index in [1.807, 2.05) is 0 Å². The number of nitrogens with two attached hydrogens (primary N) is 1. The summed E-state index contributed by atoms with van der Waals surface area (Å²) < 4.78 is 27.1. The average Bonchev–Trinajstić information content (AvgIpc) is 2.34. The number of thioether (sulfide) groups is 1. The third kappa shape index (κ3) is 4.06. The second-order valence-electron chi connectivity index (χ2n) is 4.81. The first-order chi connectivity index (χ1) is 9.06. The lowest BCUT2D eigenvalue weighted by Crippen LogP contribution is -2.45. The molecular weight excluding hydrogens is 268 g/mol. The number of hydrogen-bond donors (Lipinski definition) is 1. The Kier molecular flexibility index (Phi) is 5.01. The minimum Gasteiger partial charge on any atom is -0.399 e. The van der Waals surface area contributed by atoms with Crippen molar-refractivity contribution in [1.29, 1.82) is 0 Å². The molecule has 0 radical (unpaired) electrons. The third-order valence-electron chi connectivity index (χ3n) is 3.27. The van der Waals surface area contributed by atoms with Gasteiger partial charge in [-0.15, -0.1) is 11.8 Å². The van der Waals surface area contributed by atoms with Crippen LogP contribution in [0.2, 0.25) is 0 Å². The topological polar surface area (TPSA) is 32.5 Å². The number of halogens is 2. The highest BCUT2D eigenvalue weighted by Crippen LogP contribution is 2.27. The summed E-state index contributed by atoms with van der Waals surface area (Å²) in [6.07, 6.45) is 0. The molecule has 0 amide bonds. The molecule has 2 rings (SSSR count). The molecule has 0 saturated carbocycles. The molecule has 1 aliphatic heterocycles. The first kappa shape index (κ1) is 14.6. The van der Waals surface area contributed by atoms with E-state index < -0.39 is 11.6 Å². The Labute approximate surface area is 116 Å². The van der Waals surface area contributed by atoms with Crippen LogP contribution in [0.5, 0.6) is 0 Å². The Morgan fingerprint density at radius 3 is 2.32 bits per heavy atom. The predicted molar refractivity (Wildman–Crippen MR) is 75.4 cm³/mol. The van der Waals surface area contributed by atoms with Gasteiger partial charge in [0.2, 0.25) is 0 Å². The summed E-state index contributed by atoms with van der Waals surface area (Å²) >= 11 is 1.22. The van der Waals surface area contributed by atoms with E-state index in [-0.39, 0.29) is 10.6 Å². The van der Waals surface area contributed by atoms with E-state index in [1.165, 1.54) is 23.9 Å². The molecule has 1 fully saturated rings. The SMILES string of the molecule is CN1CCN(CCSc2c(F)cc(N)cc2F)CC1. The Balaban J connectivity index is 1.83. The molecule has 1 aliphatic rings. The molecule has 1 aromatic rings. The van der Waals surface area contributed by atoms with Gasteiger partial charge < -0.3 is 10.6 Å². The maximum absolute atomic E-state index is 13.6. The Morgan fingerprint density at radius 2 is 1.74 bits per heavy atom. The summed E-state index contributed by atoms with van der Waals surface area (Å²) in [6.45, 7) is 4.99. The molecule has 3 nitrogen and oxygen atoms in total. The first-order valence-electron chi connectivity index (χ1n) is 6.34. The zero-order chi connectivity index (χ0) is 13.8. The fraction of sp³-hybridized carbons (Fsp3) is 0.538. The summed E-state index contributed by atoms with van der Waals surface area (Å²) in [6, 6.07) is 2.34. The average molecular weight is 287 g/mol. The number of nitrogens with zero attached hydrogens (tertiary/aromatic N) is 2. The van der Waals surface area contributed by atoms with Crippen LogP contribution in [0.15, 0.2) is 17.0 Å². The summed E-state index contributed by atoms with van der Waals surface area (Å²) in [5.41, 5.74) is 5.51. The lowest BCUT2D eigenvalue weighted by Gasteiger charge is -2.32. The predicted octanol–water partition coefficient (Wildman–Crippen LogP) is 1.89. The van der Waals surface area contributed by atoms with Crippen LogP contribution in [0, 0.1) is 11.6 Å². The van der Waals surface area contributed by atoms with Gasteiger partial charge in [-0.05, 0) is 19.2 Å². The van der Waals surface area contributed by atoms with Gasteiger partial charge in [-0.1, -0.05) is 0 Å². The first-order valence-corrected chi connectivity index (χ1v) is 7.33. The molecule has 0 aromatic heterocycles. The lowest BCUT2D eigenvalue weighted by molar-refractivity contribution is 0.161. The van der Waals surface area contributed by atoms with Gasteiger partial charge in [-0.2, -0.15) is 0 Å². The molecule has 2 N–H and O–H groups in total. The van der Waals surface area contributed by atoms with Gasteiger partial charge in [0.05, 0.1) is 4.90 Å². The highest BCUT2D eigenvalue weighted by Gasteiger charge is 2.15. The fourth-order valence-corrected chi connectivity index (χ4v) is 3.01. The van der Waals surface area contributed by atoms with Crippen molar-refractivity contribution in [1.82, 2.24) is 9.80 Å². The monoisotopic (exact) mass is 287 g/mol. The maximum Gasteiger partial charge on any atom is 0.141 e. The number of anilines is 1. The Hall–Kier alpha value is -0.850. The van der Waals surface area contributed by atoms with Crippen LogP contribution in [0.3, 0.4) is 0 Å². The van der Waals surface area contributed by atoms with Crippen LogP contribution in [-0.4, -0.2) is 55.3 Å². The number of benzene rings is 1. The lowest BCUT2D eigenvalue weighted by atomic mass is 10.3. The number of nitrogen functional groups attached to an aromatic ring is 1. The molecule has 1 heterocycles. The van der Waals surface area contributed by atoms with Crippen molar-refractivity contribution in [3.8, 4) is 0 Å². The van der Waals surface area contributed by atoms with E-state index in [0.29, 0.717) is 5.75 Å². The van der Waals surface area contributed by atoms with Crippen molar-refractivity contribution < 1.29 is 8.78 Å². The van der Waals surface area contributed by atoms with E-state index in [1.54, 1.807) is 0 Å². The second kappa shape index (κ2) is 6.54. The minimum absolute atomic E-state index is 0.0725. The highest BCUT2D eigenvalue weighted by molar-refractivity contribution is 7.99. The number of hydrogen-bond acceptors (Lipinski definition) is 4. The smallest absolute Gasteiger partial charge is 0.141 e. The van der Waals surface area contributed by atoms with Crippen molar-refractivity contribution >= 4 is 17.4 Å². The molecule has 0 atom stereocenters. The van der Waals surface area contributed by atoms with Crippen LogP contribution >= 0.6 is 11.8 Å². The van der Waals surface area contributed by atoms with Crippen LogP contribution in [0.4, 0.5) is 14.5 Å². The Morgan fingerprint density at radius 1 is 1.16 bits per heavy atom. The molecule has 106 valence electrons. The summed E-state index contributed by atoms with van der Waals surface area (Å²) in [5, 5.41) is 0. The van der Waals surface area contributed by atoms with E-state index in [2.05, 4.69) is 16.8 Å². The van der Waals surface area contributed by atoms with Crippen LogP contribution < -0.4 is 5.73 Å². The van der Waals surface area contributed by atoms with E-state index >= 15 is 0 Å². The van der Waals surface area contributed by atoms with Crippen molar-refractivity contribution in [3.05, 3.63) is 23.8 Å². The van der Waals surface area contributed by atoms with Crippen LogP contribution in [0.1, 0.15) is 0 Å². The second-order valence-corrected chi connectivity index (χ2v) is 5.91. The van der Waals surface area contributed by atoms with E-state index in [0.717, 1.165) is 32.7 Å². The standard InChI is InChI=1S/C13H19F2N3S/c1-17-2-4-18(5-3-17)6-7-19-13-11(14)8-10(16)9-12(13)15/h8-9H,2-7,16H2,1H3. The number of rotatable bonds is 4. The van der Waals surface area contributed by atoms with Crippen LogP contribution in [0.25, 0.3) is 0 Å². The van der Waals surface area contributed by atoms with Gasteiger partial charge in [-0.25, -0.2) is 8.78 Å². The van der Waals surface area contributed by atoms with Crippen molar-refractivity contribution in [3.63, 3.8) is 0 Å². The van der Waals surface area contributed by atoms with E-state index in [4.69, 9.17) is 5.73 Å². The molecule has 6 heteroatoms. The molecule has 1 aromatic carbocycles. The zero-order valence-electron chi connectivity index (χ0n) is 11.0. The zero-order valence-corrected chi connectivity index (χ0v) is 11.8. The molecule has 0 bridgehead atoms. The molecule has 19 heavy (non-hydrogen) atoms. The van der Waals surface area contributed by atoms with Crippen molar-refractivity contribution in [2.75, 3.05) is 51.3 Å². The van der Waals surface area contributed by atoms with Crippen molar-refractivity contribution in [2.24, 2.45) is 0 Å². The third-order valence-corrected chi connectivity index (χ3v) is 4.34. The minimum atomic E-state index is -0.569. The van der Waals surface area contributed by atoms with Gasteiger partial charge >= 0.3 is 0 Å². The van der Waals surface area contributed by atoms with Crippen LogP contribution in [-0.2, 0) is 0 Å². The molecular formula is C13H19F2N3S. The largest absolute Gasteiger partial charge is 0.399 e. The van der Waals surface area contributed by atoms with Gasteiger partial charge in [-0.3, -0.25) is 4.90 Å². The van der Waals surface area contributed by atoms with Crippen molar-refractivity contribution in [2.45, 2.75) is 4.90 Å². The van der Waals surface area contributed by atoms with Gasteiger partial charge in [0.15, 0.2) is 0 Å². The summed E-state index contributed by atoms with van der Waals surface area (Å²) in [7, 11) is 2.10. The maximum atomic E-state index is 13.6. The normalized spacial score (nSPS) is 17.8.